The minimum atomic E-state index is -4.17. The first-order chi connectivity index (χ1) is 11.8. The number of esters is 3. The van der Waals surface area contributed by atoms with Gasteiger partial charge in [-0.15, -0.1) is 0 Å². The molecule has 0 aliphatic carbocycles. The minimum absolute atomic E-state index is 0. The van der Waals surface area contributed by atoms with E-state index in [4.69, 9.17) is 18.8 Å². The molecule has 0 fully saturated rings. The fourth-order valence-electron chi connectivity index (χ4n) is 1.44. The van der Waals surface area contributed by atoms with Crippen molar-refractivity contribution in [3.63, 3.8) is 0 Å². The Hall–Kier alpha value is -0.564. The van der Waals surface area contributed by atoms with Gasteiger partial charge in [0.05, 0.1) is 12.4 Å². The molecule has 0 radical (unpaired) electrons. The maximum Gasteiger partial charge on any atom is 1.00 e. The van der Waals surface area contributed by atoms with Crippen LogP contribution in [0.3, 0.4) is 0 Å². The van der Waals surface area contributed by atoms with Crippen LogP contribution in [0.25, 0.3) is 0 Å². The Morgan fingerprint density at radius 1 is 1.00 bits per heavy atom. The summed E-state index contributed by atoms with van der Waals surface area (Å²) in [6.45, 7) is 9.85. The van der Waals surface area contributed by atoms with Gasteiger partial charge in [0.15, 0.2) is 0 Å². The number of carbonyl (C=O) groups is 3. The van der Waals surface area contributed by atoms with Gasteiger partial charge < -0.3 is 15.6 Å². The third-order valence-electron chi connectivity index (χ3n) is 3.01. The van der Waals surface area contributed by atoms with Crippen LogP contribution in [0.4, 0.5) is 0 Å². The molecule has 0 bridgehead atoms. The Morgan fingerprint density at radius 3 is 1.74 bits per heavy atom. The van der Waals surface area contributed by atoms with Gasteiger partial charge in [-0.3, -0.25) is 9.35 Å². The molecule has 0 spiro atoms. The normalized spacial score (nSPS) is 11.0. The van der Waals surface area contributed by atoms with E-state index in [9.17, 15) is 22.8 Å². The number of hydrogen-bond acceptors (Lipinski definition) is 8. The molecule has 0 saturated heterocycles. The average molecular weight is 433 g/mol. The Balaban J connectivity index is -0.00000312. The molecule has 9 nitrogen and oxygen atoms in total. The first-order valence-corrected chi connectivity index (χ1v) is 9.17. The van der Waals surface area contributed by atoms with Gasteiger partial charge in [-0.25, -0.2) is 9.59 Å². The summed E-state index contributed by atoms with van der Waals surface area (Å²) in [5.41, 5.74) is -1.28. The number of carbonyl (C=O) groups excluding carboxylic acids is 3. The summed E-state index contributed by atoms with van der Waals surface area (Å²) in [6, 6.07) is 0. The van der Waals surface area contributed by atoms with Crippen molar-refractivity contribution in [2.75, 3.05) is 25.6 Å². The summed E-state index contributed by atoms with van der Waals surface area (Å²) in [5, 5.41) is 0. The van der Waals surface area contributed by atoms with Gasteiger partial charge in [0.25, 0.3) is 10.1 Å². The molecule has 0 aromatic heterocycles. The molecular formula is C16H25KO9S. The first kappa shape index (κ1) is 28.6. The van der Waals surface area contributed by atoms with Gasteiger partial charge in [0.2, 0.25) is 0 Å². The first-order valence-electron chi connectivity index (χ1n) is 7.56. The van der Waals surface area contributed by atoms with E-state index in [0.717, 1.165) is 0 Å². The average Bonchev–Trinajstić information content (AvgIpc) is 2.52. The third kappa shape index (κ3) is 12.5. The van der Waals surface area contributed by atoms with Gasteiger partial charge in [-0.1, -0.05) is 13.2 Å². The molecule has 0 aliphatic heterocycles. The van der Waals surface area contributed by atoms with Gasteiger partial charge in [-0.05, 0) is 27.2 Å². The molecule has 27 heavy (non-hydrogen) atoms. The van der Waals surface area contributed by atoms with Crippen LogP contribution in [0.2, 0.25) is 0 Å². The maximum absolute atomic E-state index is 12.3. The van der Waals surface area contributed by atoms with Crippen molar-refractivity contribution in [3.05, 3.63) is 24.3 Å². The van der Waals surface area contributed by atoms with E-state index >= 15 is 0 Å². The second kappa shape index (κ2) is 12.8. The summed E-state index contributed by atoms with van der Waals surface area (Å²) in [7, 11) is -4.17. The zero-order valence-electron chi connectivity index (χ0n) is 17.1. The Labute approximate surface area is 203 Å². The summed E-state index contributed by atoms with van der Waals surface area (Å²) in [4.78, 5) is 35.4. The van der Waals surface area contributed by atoms with E-state index in [2.05, 4.69) is 13.2 Å². The zero-order chi connectivity index (χ0) is 20.5. The quantitative estimate of drug-likeness (QED) is 0.0999. The molecule has 1 N–H and O–H groups in total. The van der Waals surface area contributed by atoms with E-state index in [0.29, 0.717) is 0 Å². The molecule has 0 aliphatic rings. The molecular weight excluding hydrogens is 407 g/mol. The molecule has 0 aromatic rings. The molecule has 0 aromatic carbocycles. The van der Waals surface area contributed by atoms with Crippen molar-refractivity contribution in [2.45, 2.75) is 27.2 Å². The molecule has 0 heterocycles. The summed E-state index contributed by atoms with van der Waals surface area (Å²) >= 11 is 0. The van der Waals surface area contributed by atoms with Crippen LogP contribution < -0.4 is 51.4 Å². The van der Waals surface area contributed by atoms with E-state index < -0.39 is 52.4 Å². The van der Waals surface area contributed by atoms with Crippen molar-refractivity contribution in [3.8, 4) is 0 Å². The monoisotopic (exact) mass is 432 g/mol. The van der Waals surface area contributed by atoms with Crippen molar-refractivity contribution in [1.29, 1.82) is 0 Å². The van der Waals surface area contributed by atoms with E-state index in [1.807, 2.05) is 0 Å². The fraction of sp³-hybridized carbons (Fsp3) is 0.562. The zero-order valence-corrected chi connectivity index (χ0v) is 20.0. The molecule has 0 saturated carbocycles. The van der Waals surface area contributed by atoms with Crippen LogP contribution in [0.15, 0.2) is 24.3 Å². The maximum atomic E-state index is 12.3. The predicted molar refractivity (Wildman–Crippen MR) is 92.8 cm³/mol. The Kier molecular flexibility index (Phi) is 13.6. The van der Waals surface area contributed by atoms with Crippen LogP contribution in [0, 0.1) is 5.41 Å². The van der Waals surface area contributed by atoms with E-state index in [1.165, 1.54) is 20.8 Å². The summed E-state index contributed by atoms with van der Waals surface area (Å²) < 4.78 is 44.8. The van der Waals surface area contributed by atoms with Gasteiger partial charge >= 0.3 is 69.3 Å². The summed E-state index contributed by atoms with van der Waals surface area (Å²) in [5.74, 6) is -2.91. The Bertz CT molecular complexity index is 658. The molecule has 0 rings (SSSR count). The number of rotatable bonds is 11. The van der Waals surface area contributed by atoms with Crippen molar-refractivity contribution < 1.29 is 94.4 Å². The van der Waals surface area contributed by atoms with E-state index in [-0.39, 0.29) is 77.0 Å². The molecule has 0 atom stereocenters. The standard InChI is InChI=1S/C16H24O9S.K.H/c1-11(2)13(17)24-9-16(5,10-25-14(18)12(3)4)15(19)23-7-6-8-26(20,21)22;;/h1,3,6-10H2,2,4-5H3,(H,20,21,22);;/q;+1;-1. The SMILES string of the molecule is C=C(C)C(=O)OCC(C)(COC(=O)C(=C)C)C(=O)OCCCS(=O)(=O)O.[H-].[K+]. The van der Waals surface area contributed by atoms with Gasteiger partial charge in [0, 0.05) is 11.1 Å². The molecule has 0 amide bonds. The fourth-order valence-corrected chi connectivity index (χ4v) is 1.92. The van der Waals surface area contributed by atoms with Crippen LogP contribution >= 0.6 is 0 Å². The third-order valence-corrected chi connectivity index (χ3v) is 3.82. The van der Waals surface area contributed by atoms with Crippen LogP contribution in [-0.4, -0.2) is 56.5 Å². The van der Waals surface area contributed by atoms with E-state index in [1.54, 1.807) is 0 Å². The van der Waals surface area contributed by atoms with Crippen molar-refractivity contribution in [1.82, 2.24) is 0 Å². The second-order valence-corrected chi connectivity index (χ2v) is 7.62. The van der Waals surface area contributed by atoms with Crippen LogP contribution in [0.5, 0.6) is 0 Å². The van der Waals surface area contributed by atoms with Crippen LogP contribution in [-0.2, 0) is 38.7 Å². The molecule has 150 valence electrons. The topological polar surface area (TPSA) is 133 Å². The number of hydrogen-bond donors (Lipinski definition) is 1. The van der Waals surface area contributed by atoms with Crippen LogP contribution in [0.1, 0.15) is 28.6 Å². The second-order valence-electron chi connectivity index (χ2n) is 6.05. The molecule has 0 unspecified atom stereocenters. The number of ether oxygens (including phenoxy) is 3. The van der Waals surface area contributed by atoms with Crippen molar-refractivity contribution in [2.24, 2.45) is 5.41 Å². The van der Waals surface area contributed by atoms with Gasteiger partial charge in [0.1, 0.15) is 18.6 Å². The summed E-state index contributed by atoms with van der Waals surface area (Å²) in [6.07, 6.45) is -0.127. The van der Waals surface area contributed by atoms with Crippen molar-refractivity contribution >= 4 is 28.0 Å². The molecule has 11 heteroatoms. The smallest absolute Gasteiger partial charge is 1.00 e. The van der Waals surface area contributed by atoms with Gasteiger partial charge in [-0.2, -0.15) is 8.42 Å². The Morgan fingerprint density at radius 2 is 1.41 bits per heavy atom. The predicted octanol–water partition coefficient (Wildman–Crippen LogP) is -1.83. The minimum Gasteiger partial charge on any atom is -1.00 e. The largest absolute Gasteiger partial charge is 1.00 e.